The summed E-state index contributed by atoms with van der Waals surface area (Å²) >= 11 is 0. The van der Waals surface area contributed by atoms with Gasteiger partial charge in [0.1, 0.15) is 17.5 Å². The van der Waals surface area contributed by atoms with E-state index >= 15 is 0 Å². The summed E-state index contributed by atoms with van der Waals surface area (Å²) in [5, 5.41) is 6.56. The normalized spacial score (nSPS) is 17.4. The summed E-state index contributed by atoms with van der Waals surface area (Å²) in [4.78, 5) is 9.05. The summed E-state index contributed by atoms with van der Waals surface area (Å²) < 4.78 is 0. The lowest BCUT2D eigenvalue weighted by Crippen LogP contribution is -2.33. The Labute approximate surface area is 110 Å². The first-order chi connectivity index (χ1) is 8.52. The lowest BCUT2D eigenvalue weighted by molar-refractivity contribution is 0.180. The predicted octanol–water partition coefficient (Wildman–Crippen LogP) is 3.24. The summed E-state index contributed by atoms with van der Waals surface area (Å²) in [6, 6.07) is 1.98. The van der Waals surface area contributed by atoms with Gasteiger partial charge in [0.15, 0.2) is 0 Å². The van der Waals surface area contributed by atoms with E-state index in [0.717, 1.165) is 24.0 Å². The highest BCUT2D eigenvalue weighted by Crippen LogP contribution is 2.40. The van der Waals surface area contributed by atoms with Crippen molar-refractivity contribution in [1.82, 2.24) is 9.97 Å². The van der Waals surface area contributed by atoms with E-state index in [9.17, 15) is 0 Å². The van der Waals surface area contributed by atoms with Crippen LogP contribution in [-0.4, -0.2) is 23.6 Å². The summed E-state index contributed by atoms with van der Waals surface area (Å²) in [5.74, 6) is 3.06. The van der Waals surface area contributed by atoms with Crippen molar-refractivity contribution in [2.45, 2.75) is 46.0 Å². The first kappa shape index (κ1) is 13.1. The standard InChI is InChI=1S/C14H24N4/c1-10(2)13-17-11(15-4)8-12(18-13)16-9-14(3)6-5-7-14/h8,10H,5-7,9H2,1-4H3,(H2,15,16,17,18). The van der Waals surface area contributed by atoms with E-state index in [0.29, 0.717) is 11.3 Å². The van der Waals surface area contributed by atoms with E-state index < -0.39 is 0 Å². The van der Waals surface area contributed by atoms with Crippen molar-refractivity contribution >= 4 is 11.6 Å². The van der Waals surface area contributed by atoms with Gasteiger partial charge >= 0.3 is 0 Å². The fourth-order valence-electron chi connectivity index (χ4n) is 2.20. The minimum atomic E-state index is 0.345. The molecule has 0 aliphatic heterocycles. The van der Waals surface area contributed by atoms with Gasteiger partial charge in [0.25, 0.3) is 0 Å². The molecule has 100 valence electrons. The van der Waals surface area contributed by atoms with Crippen LogP contribution in [0.4, 0.5) is 11.6 Å². The van der Waals surface area contributed by atoms with Crippen molar-refractivity contribution in [3.8, 4) is 0 Å². The monoisotopic (exact) mass is 248 g/mol. The Morgan fingerprint density at radius 2 is 1.94 bits per heavy atom. The van der Waals surface area contributed by atoms with Gasteiger partial charge in [-0.05, 0) is 18.3 Å². The first-order valence-corrected chi connectivity index (χ1v) is 6.83. The van der Waals surface area contributed by atoms with Gasteiger partial charge in [-0.1, -0.05) is 27.2 Å². The van der Waals surface area contributed by atoms with Crippen LogP contribution in [-0.2, 0) is 0 Å². The Morgan fingerprint density at radius 1 is 1.28 bits per heavy atom. The molecule has 0 radical (unpaired) electrons. The minimum absolute atomic E-state index is 0.345. The Hall–Kier alpha value is -1.32. The molecule has 1 saturated carbocycles. The molecule has 1 aromatic rings. The molecule has 0 bridgehead atoms. The zero-order valence-corrected chi connectivity index (χ0v) is 11.9. The molecular weight excluding hydrogens is 224 g/mol. The Morgan fingerprint density at radius 3 is 2.44 bits per heavy atom. The lowest BCUT2D eigenvalue weighted by Gasteiger charge is -2.38. The van der Waals surface area contributed by atoms with Crippen LogP contribution < -0.4 is 10.6 Å². The van der Waals surface area contributed by atoms with Gasteiger partial charge in [0.05, 0.1) is 0 Å². The van der Waals surface area contributed by atoms with Crippen molar-refractivity contribution in [3.05, 3.63) is 11.9 Å². The number of aromatic nitrogens is 2. The molecule has 1 aliphatic carbocycles. The van der Waals surface area contributed by atoms with Crippen molar-refractivity contribution in [2.24, 2.45) is 5.41 Å². The van der Waals surface area contributed by atoms with E-state index in [4.69, 9.17) is 0 Å². The molecule has 4 heteroatoms. The maximum atomic E-state index is 4.58. The van der Waals surface area contributed by atoms with Crippen molar-refractivity contribution in [1.29, 1.82) is 0 Å². The van der Waals surface area contributed by atoms with E-state index in [2.05, 4.69) is 41.4 Å². The number of nitrogens with one attached hydrogen (secondary N) is 2. The fourth-order valence-corrected chi connectivity index (χ4v) is 2.20. The SMILES string of the molecule is CNc1cc(NCC2(C)CCC2)nc(C(C)C)n1. The first-order valence-electron chi connectivity index (χ1n) is 6.83. The molecule has 0 saturated heterocycles. The van der Waals surface area contributed by atoms with Crippen LogP contribution in [0.2, 0.25) is 0 Å². The summed E-state index contributed by atoms with van der Waals surface area (Å²) in [5.41, 5.74) is 0.461. The topological polar surface area (TPSA) is 49.8 Å². The van der Waals surface area contributed by atoms with E-state index in [-0.39, 0.29) is 0 Å². The smallest absolute Gasteiger partial charge is 0.135 e. The Balaban J connectivity index is 2.08. The molecule has 1 fully saturated rings. The van der Waals surface area contributed by atoms with E-state index in [1.54, 1.807) is 0 Å². The molecule has 0 spiro atoms. The average Bonchev–Trinajstić information content (AvgIpc) is 2.33. The minimum Gasteiger partial charge on any atom is -0.373 e. The largest absolute Gasteiger partial charge is 0.373 e. The van der Waals surface area contributed by atoms with Crippen LogP contribution in [0.1, 0.15) is 51.8 Å². The molecule has 1 aromatic heterocycles. The van der Waals surface area contributed by atoms with Gasteiger partial charge in [0.2, 0.25) is 0 Å². The van der Waals surface area contributed by atoms with Gasteiger partial charge < -0.3 is 10.6 Å². The zero-order chi connectivity index (χ0) is 13.2. The van der Waals surface area contributed by atoms with Crippen LogP contribution in [0.25, 0.3) is 0 Å². The van der Waals surface area contributed by atoms with Crippen molar-refractivity contribution in [3.63, 3.8) is 0 Å². The van der Waals surface area contributed by atoms with Gasteiger partial charge in [0, 0.05) is 25.6 Å². The van der Waals surface area contributed by atoms with Crippen LogP contribution in [0.3, 0.4) is 0 Å². The van der Waals surface area contributed by atoms with Crippen LogP contribution in [0.15, 0.2) is 6.07 Å². The number of nitrogens with zero attached hydrogens (tertiary/aromatic N) is 2. The number of rotatable bonds is 5. The van der Waals surface area contributed by atoms with Gasteiger partial charge in [-0.15, -0.1) is 0 Å². The number of hydrogen-bond donors (Lipinski definition) is 2. The van der Waals surface area contributed by atoms with Crippen LogP contribution >= 0.6 is 0 Å². The highest BCUT2D eigenvalue weighted by Gasteiger charge is 2.31. The summed E-state index contributed by atoms with van der Waals surface area (Å²) in [6.07, 6.45) is 4.00. The molecule has 18 heavy (non-hydrogen) atoms. The second-order valence-corrected chi connectivity index (χ2v) is 5.92. The lowest BCUT2D eigenvalue weighted by atomic mass is 9.70. The van der Waals surface area contributed by atoms with Crippen molar-refractivity contribution < 1.29 is 0 Å². The fraction of sp³-hybridized carbons (Fsp3) is 0.714. The van der Waals surface area contributed by atoms with Gasteiger partial charge in [-0.2, -0.15) is 0 Å². The molecule has 0 aromatic carbocycles. The average molecular weight is 248 g/mol. The van der Waals surface area contributed by atoms with Gasteiger partial charge in [-0.25, -0.2) is 9.97 Å². The third kappa shape index (κ3) is 2.92. The third-order valence-corrected chi connectivity index (χ3v) is 3.77. The summed E-state index contributed by atoms with van der Waals surface area (Å²) in [6.45, 7) is 7.58. The maximum Gasteiger partial charge on any atom is 0.135 e. The molecule has 1 aliphatic rings. The quantitative estimate of drug-likeness (QED) is 0.840. The Kier molecular flexibility index (Phi) is 3.73. The van der Waals surface area contributed by atoms with Crippen molar-refractivity contribution in [2.75, 3.05) is 24.2 Å². The summed E-state index contributed by atoms with van der Waals surface area (Å²) in [7, 11) is 1.89. The molecule has 0 amide bonds. The molecule has 2 rings (SSSR count). The maximum absolute atomic E-state index is 4.58. The Bertz CT molecular complexity index is 410. The van der Waals surface area contributed by atoms with E-state index in [1.807, 2.05) is 13.1 Å². The van der Waals surface area contributed by atoms with E-state index in [1.165, 1.54) is 19.3 Å². The second kappa shape index (κ2) is 5.12. The molecule has 0 atom stereocenters. The number of anilines is 2. The molecular formula is C14H24N4. The van der Waals surface area contributed by atoms with Crippen LogP contribution in [0, 0.1) is 5.41 Å². The third-order valence-electron chi connectivity index (χ3n) is 3.77. The number of hydrogen-bond acceptors (Lipinski definition) is 4. The molecule has 4 nitrogen and oxygen atoms in total. The molecule has 1 heterocycles. The molecule has 2 N–H and O–H groups in total. The van der Waals surface area contributed by atoms with Crippen LogP contribution in [0.5, 0.6) is 0 Å². The van der Waals surface area contributed by atoms with Gasteiger partial charge in [-0.3, -0.25) is 0 Å². The highest BCUT2D eigenvalue weighted by atomic mass is 15.1. The second-order valence-electron chi connectivity index (χ2n) is 5.92. The highest BCUT2D eigenvalue weighted by molar-refractivity contribution is 5.47. The molecule has 0 unspecified atom stereocenters. The predicted molar refractivity (Wildman–Crippen MR) is 76.1 cm³/mol. The zero-order valence-electron chi connectivity index (χ0n) is 11.9.